The summed E-state index contributed by atoms with van der Waals surface area (Å²) in [7, 11) is 0. The van der Waals surface area contributed by atoms with Crippen molar-refractivity contribution in [3.05, 3.63) is 49.9 Å². The van der Waals surface area contributed by atoms with Gasteiger partial charge in [-0.2, -0.15) is 0 Å². The SMILES string of the molecule is CC(NCc1cnc(C(C)(C)C)s1)c1ccc(Cl)cc1Cl. The second-order valence-electron chi connectivity index (χ2n) is 6.15. The molecule has 0 amide bonds. The molecule has 2 rings (SSSR count). The molecule has 5 heteroatoms. The van der Waals surface area contributed by atoms with E-state index in [4.69, 9.17) is 23.2 Å². The van der Waals surface area contributed by atoms with Crippen LogP contribution < -0.4 is 5.32 Å². The minimum Gasteiger partial charge on any atom is -0.305 e. The van der Waals surface area contributed by atoms with Gasteiger partial charge >= 0.3 is 0 Å². The molecule has 1 heterocycles. The van der Waals surface area contributed by atoms with Gasteiger partial charge in [-0.3, -0.25) is 0 Å². The van der Waals surface area contributed by atoms with E-state index in [-0.39, 0.29) is 11.5 Å². The number of benzene rings is 1. The Kier molecular flexibility index (Phi) is 5.31. The summed E-state index contributed by atoms with van der Waals surface area (Å²) in [5, 5.41) is 6.00. The van der Waals surface area contributed by atoms with Crippen molar-refractivity contribution in [2.45, 2.75) is 45.7 Å². The van der Waals surface area contributed by atoms with Crippen molar-refractivity contribution < 1.29 is 0 Å². The van der Waals surface area contributed by atoms with Gasteiger partial charge in [-0.25, -0.2) is 4.98 Å². The van der Waals surface area contributed by atoms with E-state index < -0.39 is 0 Å². The van der Waals surface area contributed by atoms with Crippen LogP contribution in [0.5, 0.6) is 0 Å². The van der Waals surface area contributed by atoms with Crippen molar-refractivity contribution in [3.8, 4) is 0 Å². The summed E-state index contributed by atoms with van der Waals surface area (Å²) in [6, 6.07) is 5.78. The summed E-state index contributed by atoms with van der Waals surface area (Å²) in [4.78, 5) is 5.74. The number of hydrogen-bond acceptors (Lipinski definition) is 3. The van der Waals surface area contributed by atoms with Crippen LogP contribution in [0.1, 0.15) is 49.2 Å². The lowest BCUT2D eigenvalue weighted by molar-refractivity contribution is 0.578. The van der Waals surface area contributed by atoms with Crippen LogP contribution in [-0.2, 0) is 12.0 Å². The standard InChI is InChI=1S/C16H20Cl2N2S/c1-10(13-6-5-11(17)7-14(13)18)19-8-12-9-20-15(21-12)16(2,3)4/h5-7,9-10,19H,8H2,1-4H3. The van der Waals surface area contributed by atoms with Crippen molar-refractivity contribution in [2.24, 2.45) is 0 Å². The molecule has 114 valence electrons. The van der Waals surface area contributed by atoms with Gasteiger partial charge in [-0.1, -0.05) is 50.0 Å². The van der Waals surface area contributed by atoms with Crippen LogP contribution in [0.4, 0.5) is 0 Å². The summed E-state index contributed by atoms with van der Waals surface area (Å²) < 4.78 is 0. The third-order valence-electron chi connectivity index (χ3n) is 3.21. The Morgan fingerprint density at radius 3 is 2.57 bits per heavy atom. The maximum Gasteiger partial charge on any atom is 0.0981 e. The molecule has 21 heavy (non-hydrogen) atoms. The first-order chi connectivity index (χ1) is 9.77. The molecule has 0 radical (unpaired) electrons. The fourth-order valence-electron chi connectivity index (χ4n) is 1.95. The third-order valence-corrected chi connectivity index (χ3v) is 5.19. The predicted molar refractivity (Wildman–Crippen MR) is 92.5 cm³/mol. The number of aromatic nitrogens is 1. The first-order valence-electron chi connectivity index (χ1n) is 6.91. The molecular formula is C16H20Cl2N2S. The number of hydrogen-bond donors (Lipinski definition) is 1. The van der Waals surface area contributed by atoms with Gasteiger partial charge in [0.15, 0.2) is 0 Å². The zero-order valence-corrected chi connectivity index (χ0v) is 15.0. The molecule has 1 atom stereocenters. The molecule has 2 nitrogen and oxygen atoms in total. The number of thiazole rings is 1. The normalized spacial score (nSPS) is 13.4. The molecule has 0 saturated carbocycles. The average molecular weight is 343 g/mol. The van der Waals surface area contributed by atoms with Crippen LogP contribution in [0.3, 0.4) is 0 Å². The highest BCUT2D eigenvalue weighted by molar-refractivity contribution is 7.11. The summed E-state index contributed by atoms with van der Waals surface area (Å²) in [5.41, 5.74) is 1.16. The van der Waals surface area contributed by atoms with Crippen LogP contribution in [0.15, 0.2) is 24.4 Å². The largest absolute Gasteiger partial charge is 0.305 e. The van der Waals surface area contributed by atoms with Gasteiger partial charge in [0.2, 0.25) is 0 Å². The number of nitrogens with zero attached hydrogens (tertiary/aromatic N) is 1. The van der Waals surface area contributed by atoms with E-state index >= 15 is 0 Å². The predicted octanol–water partition coefficient (Wildman–Crippen LogP) is 5.60. The fraction of sp³-hybridized carbons (Fsp3) is 0.438. The Morgan fingerprint density at radius 2 is 2.00 bits per heavy atom. The highest BCUT2D eigenvalue weighted by Gasteiger charge is 2.18. The maximum atomic E-state index is 6.24. The van der Waals surface area contributed by atoms with E-state index in [1.165, 1.54) is 4.88 Å². The maximum absolute atomic E-state index is 6.24. The third kappa shape index (κ3) is 4.43. The quantitative estimate of drug-likeness (QED) is 0.782. The van der Waals surface area contributed by atoms with Gasteiger partial charge in [-0.05, 0) is 24.6 Å². The van der Waals surface area contributed by atoms with E-state index in [1.807, 2.05) is 18.3 Å². The number of halogens is 2. The second kappa shape index (κ2) is 6.66. The average Bonchev–Trinajstić information content (AvgIpc) is 2.84. The lowest BCUT2D eigenvalue weighted by Gasteiger charge is -2.15. The van der Waals surface area contributed by atoms with E-state index in [1.54, 1.807) is 17.4 Å². The van der Waals surface area contributed by atoms with E-state index in [9.17, 15) is 0 Å². The molecule has 1 aromatic carbocycles. The Labute approximate surface area is 140 Å². The lowest BCUT2D eigenvalue weighted by Crippen LogP contribution is -2.17. The lowest BCUT2D eigenvalue weighted by atomic mass is 9.98. The smallest absolute Gasteiger partial charge is 0.0981 e. The van der Waals surface area contributed by atoms with Crippen LogP contribution in [0, 0.1) is 0 Å². The first-order valence-corrected chi connectivity index (χ1v) is 8.48. The topological polar surface area (TPSA) is 24.9 Å². The van der Waals surface area contributed by atoms with E-state index in [0.717, 1.165) is 17.1 Å². The van der Waals surface area contributed by atoms with Crippen LogP contribution in [0.25, 0.3) is 0 Å². The minimum absolute atomic E-state index is 0.105. The molecule has 0 aliphatic heterocycles. The van der Waals surface area contributed by atoms with Crippen LogP contribution in [-0.4, -0.2) is 4.98 Å². The monoisotopic (exact) mass is 342 g/mol. The number of rotatable bonds is 4. The molecule has 0 spiro atoms. The Hall–Kier alpha value is -0.610. The summed E-state index contributed by atoms with van der Waals surface area (Å²) in [6.07, 6.45) is 1.95. The van der Waals surface area contributed by atoms with Gasteiger partial charge in [0.1, 0.15) is 0 Å². The molecule has 0 bridgehead atoms. The van der Waals surface area contributed by atoms with Gasteiger partial charge in [0.05, 0.1) is 5.01 Å². The van der Waals surface area contributed by atoms with Crippen LogP contribution >= 0.6 is 34.5 Å². The highest BCUT2D eigenvalue weighted by Crippen LogP contribution is 2.28. The summed E-state index contributed by atoms with van der Waals surface area (Å²) in [6.45, 7) is 9.42. The molecule has 0 saturated heterocycles. The zero-order chi connectivity index (χ0) is 15.6. The molecule has 0 aliphatic carbocycles. The van der Waals surface area contributed by atoms with E-state index in [0.29, 0.717) is 10.0 Å². The summed E-state index contributed by atoms with van der Waals surface area (Å²) >= 11 is 13.9. The molecule has 1 aromatic heterocycles. The molecular weight excluding hydrogens is 323 g/mol. The Bertz CT molecular complexity index is 617. The number of nitrogens with one attached hydrogen (secondary N) is 1. The first kappa shape index (κ1) is 16.8. The van der Waals surface area contributed by atoms with E-state index in [2.05, 4.69) is 38.0 Å². The Morgan fingerprint density at radius 1 is 1.29 bits per heavy atom. The minimum atomic E-state index is 0.105. The molecule has 0 aliphatic rings. The van der Waals surface area contributed by atoms with Crippen molar-refractivity contribution in [1.82, 2.24) is 10.3 Å². The molecule has 2 aromatic rings. The van der Waals surface area contributed by atoms with Crippen molar-refractivity contribution >= 4 is 34.5 Å². The van der Waals surface area contributed by atoms with Gasteiger partial charge in [0.25, 0.3) is 0 Å². The van der Waals surface area contributed by atoms with Gasteiger partial charge in [0, 0.05) is 39.1 Å². The molecule has 1 N–H and O–H groups in total. The molecule has 1 unspecified atom stereocenters. The summed E-state index contributed by atoms with van der Waals surface area (Å²) in [5.74, 6) is 0. The zero-order valence-electron chi connectivity index (χ0n) is 12.7. The van der Waals surface area contributed by atoms with Gasteiger partial charge in [-0.15, -0.1) is 11.3 Å². The van der Waals surface area contributed by atoms with Crippen LogP contribution in [0.2, 0.25) is 10.0 Å². The van der Waals surface area contributed by atoms with Gasteiger partial charge < -0.3 is 5.32 Å². The highest BCUT2D eigenvalue weighted by atomic mass is 35.5. The van der Waals surface area contributed by atoms with Crippen molar-refractivity contribution in [1.29, 1.82) is 0 Å². The second-order valence-corrected chi connectivity index (χ2v) is 8.11. The molecule has 0 fully saturated rings. The van der Waals surface area contributed by atoms with Crippen molar-refractivity contribution in [2.75, 3.05) is 0 Å². The fourth-order valence-corrected chi connectivity index (χ4v) is 3.45. The Balaban J connectivity index is 2.01. The van der Waals surface area contributed by atoms with Crippen molar-refractivity contribution in [3.63, 3.8) is 0 Å².